The zero-order chi connectivity index (χ0) is 13.9. The van der Waals surface area contributed by atoms with Crippen LogP contribution in [0, 0.1) is 25.2 Å². The molecule has 0 aromatic carbocycles. The predicted molar refractivity (Wildman–Crippen MR) is 71.7 cm³/mol. The fourth-order valence-electron chi connectivity index (χ4n) is 2.79. The molecule has 1 aliphatic rings. The number of hydrogen-bond acceptors (Lipinski definition) is 5. The Balaban J connectivity index is 2.26. The Morgan fingerprint density at radius 3 is 2.85 bits per heavy atom. The zero-order valence-electron chi connectivity index (χ0n) is 11.1. The SMILES string of the molecule is Cc1nc2c(c(C)nc3c(C#N)cnn32)c2c1CCO2. The summed E-state index contributed by atoms with van der Waals surface area (Å²) >= 11 is 0. The van der Waals surface area contributed by atoms with E-state index < -0.39 is 0 Å². The molecule has 0 radical (unpaired) electrons. The molecule has 0 N–H and O–H groups in total. The van der Waals surface area contributed by atoms with E-state index in [0.717, 1.165) is 34.5 Å². The van der Waals surface area contributed by atoms with Crippen LogP contribution in [-0.4, -0.2) is 26.2 Å². The third-order valence-electron chi connectivity index (χ3n) is 3.73. The van der Waals surface area contributed by atoms with Crippen molar-refractivity contribution in [2.24, 2.45) is 0 Å². The average Bonchev–Trinajstić information content (AvgIpc) is 3.04. The summed E-state index contributed by atoms with van der Waals surface area (Å²) in [4.78, 5) is 9.15. The molecule has 1 aliphatic heterocycles. The molecule has 0 atom stereocenters. The summed E-state index contributed by atoms with van der Waals surface area (Å²) < 4.78 is 7.39. The number of rotatable bonds is 0. The van der Waals surface area contributed by atoms with Gasteiger partial charge in [-0.15, -0.1) is 0 Å². The van der Waals surface area contributed by atoms with Crippen LogP contribution in [0.15, 0.2) is 6.20 Å². The molecule has 3 aromatic rings. The first-order valence-corrected chi connectivity index (χ1v) is 6.41. The van der Waals surface area contributed by atoms with Crippen molar-refractivity contribution in [2.75, 3.05) is 6.61 Å². The van der Waals surface area contributed by atoms with E-state index in [2.05, 4.69) is 21.1 Å². The molecule has 0 aliphatic carbocycles. The molecule has 0 saturated carbocycles. The van der Waals surface area contributed by atoms with Gasteiger partial charge < -0.3 is 4.74 Å². The van der Waals surface area contributed by atoms with E-state index in [1.807, 2.05) is 13.8 Å². The maximum atomic E-state index is 9.11. The van der Waals surface area contributed by atoms with Crippen molar-refractivity contribution in [1.82, 2.24) is 19.6 Å². The van der Waals surface area contributed by atoms with Crippen LogP contribution in [0.4, 0.5) is 0 Å². The Bertz CT molecular complexity index is 919. The van der Waals surface area contributed by atoms with Crippen LogP contribution in [0.2, 0.25) is 0 Å². The molecule has 0 amide bonds. The Morgan fingerprint density at radius 2 is 2.05 bits per heavy atom. The van der Waals surface area contributed by atoms with Gasteiger partial charge in [-0.3, -0.25) is 0 Å². The van der Waals surface area contributed by atoms with Gasteiger partial charge in [-0.2, -0.15) is 14.9 Å². The second kappa shape index (κ2) is 3.67. The van der Waals surface area contributed by atoms with E-state index in [1.165, 1.54) is 6.20 Å². The summed E-state index contributed by atoms with van der Waals surface area (Å²) in [7, 11) is 0. The molecule has 4 rings (SSSR count). The molecule has 4 heterocycles. The number of hydrogen-bond donors (Lipinski definition) is 0. The third kappa shape index (κ3) is 1.24. The van der Waals surface area contributed by atoms with Crippen molar-refractivity contribution in [2.45, 2.75) is 20.3 Å². The first-order chi connectivity index (χ1) is 9.70. The van der Waals surface area contributed by atoms with Gasteiger partial charge in [0.05, 0.1) is 23.9 Å². The van der Waals surface area contributed by atoms with Gasteiger partial charge in [-0.25, -0.2) is 9.97 Å². The average molecular weight is 265 g/mol. The van der Waals surface area contributed by atoms with Crippen LogP contribution in [0.5, 0.6) is 5.75 Å². The second-order valence-corrected chi connectivity index (χ2v) is 4.90. The number of aryl methyl sites for hydroxylation is 2. The van der Waals surface area contributed by atoms with Gasteiger partial charge in [0, 0.05) is 17.7 Å². The summed E-state index contributed by atoms with van der Waals surface area (Å²) in [6.45, 7) is 4.57. The lowest BCUT2D eigenvalue weighted by Crippen LogP contribution is -2.02. The van der Waals surface area contributed by atoms with Gasteiger partial charge in [0.2, 0.25) is 0 Å². The largest absolute Gasteiger partial charge is 0.492 e. The number of ether oxygens (including phenoxy) is 1. The Labute approximate surface area is 114 Å². The highest BCUT2D eigenvalue weighted by Gasteiger charge is 2.23. The van der Waals surface area contributed by atoms with Gasteiger partial charge in [-0.05, 0) is 13.8 Å². The summed E-state index contributed by atoms with van der Waals surface area (Å²) in [6.07, 6.45) is 2.40. The standard InChI is InChI=1S/C14H11N5O/c1-7-10-3-4-20-12(10)11-8(2)18-13-9(5-15)6-16-19(13)14(11)17-7/h6H,3-4H2,1-2H3. The van der Waals surface area contributed by atoms with E-state index in [-0.39, 0.29) is 0 Å². The van der Waals surface area contributed by atoms with E-state index in [0.29, 0.717) is 23.5 Å². The lowest BCUT2D eigenvalue weighted by atomic mass is 10.1. The Morgan fingerprint density at radius 1 is 1.25 bits per heavy atom. The molecule has 0 saturated heterocycles. The maximum absolute atomic E-state index is 9.11. The molecule has 0 fully saturated rings. The molecule has 98 valence electrons. The van der Waals surface area contributed by atoms with Gasteiger partial charge in [0.15, 0.2) is 11.3 Å². The van der Waals surface area contributed by atoms with Gasteiger partial charge >= 0.3 is 0 Å². The molecule has 0 unspecified atom stereocenters. The van der Waals surface area contributed by atoms with Crippen molar-refractivity contribution in [1.29, 1.82) is 5.26 Å². The highest BCUT2D eigenvalue weighted by Crippen LogP contribution is 2.36. The molecule has 6 nitrogen and oxygen atoms in total. The summed E-state index contributed by atoms with van der Waals surface area (Å²) in [5, 5.41) is 14.2. The van der Waals surface area contributed by atoms with Crippen LogP contribution in [-0.2, 0) is 6.42 Å². The highest BCUT2D eigenvalue weighted by molar-refractivity contribution is 5.89. The van der Waals surface area contributed by atoms with E-state index in [9.17, 15) is 0 Å². The molecule has 3 aromatic heterocycles. The Kier molecular flexibility index (Phi) is 2.05. The quantitative estimate of drug-likeness (QED) is 0.618. The van der Waals surface area contributed by atoms with Crippen LogP contribution in [0.1, 0.15) is 22.5 Å². The van der Waals surface area contributed by atoms with Crippen LogP contribution in [0.3, 0.4) is 0 Å². The minimum atomic E-state index is 0.455. The van der Waals surface area contributed by atoms with Gasteiger partial charge in [0.25, 0.3) is 0 Å². The lowest BCUT2D eigenvalue weighted by Gasteiger charge is -2.10. The number of aromatic nitrogens is 4. The number of pyridine rings is 1. The topological polar surface area (TPSA) is 76.1 Å². The molecular formula is C14H11N5O. The lowest BCUT2D eigenvalue weighted by molar-refractivity contribution is 0.360. The van der Waals surface area contributed by atoms with Gasteiger partial charge in [-0.1, -0.05) is 0 Å². The Hall–Kier alpha value is -2.68. The maximum Gasteiger partial charge on any atom is 0.175 e. The fourth-order valence-corrected chi connectivity index (χ4v) is 2.79. The van der Waals surface area contributed by atoms with Crippen molar-refractivity contribution in [3.63, 3.8) is 0 Å². The van der Waals surface area contributed by atoms with Crippen LogP contribution in [0.25, 0.3) is 16.7 Å². The van der Waals surface area contributed by atoms with Crippen molar-refractivity contribution in [3.8, 4) is 11.8 Å². The smallest absolute Gasteiger partial charge is 0.175 e. The number of nitriles is 1. The summed E-state index contributed by atoms with van der Waals surface area (Å²) in [6, 6.07) is 2.10. The van der Waals surface area contributed by atoms with Crippen molar-refractivity contribution in [3.05, 3.63) is 28.7 Å². The minimum absolute atomic E-state index is 0.455. The zero-order valence-corrected chi connectivity index (χ0v) is 11.1. The first-order valence-electron chi connectivity index (χ1n) is 6.41. The van der Waals surface area contributed by atoms with E-state index in [1.54, 1.807) is 4.52 Å². The third-order valence-corrected chi connectivity index (χ3v) is 3.73. The molecule has 0 bridgehead atoms. The fraction of sp³-hybridized carbons (Fsp3) is 0.286. The predicted octanol–water partition coefficient (Wildman–Crippen LogP) is 1.70. The van der Waals surface area contributed by atoms with E-state index >= 15 is 0 Å². The summed E-state index contributed by atoms with van der Waals surface area (Å²) in [5.74, 6) is 0.869. The summed E-state index contributed by atoms with van der Waals surface area (Å²) in [5.41, 5.74) is 4.61. The molecule has 6 heteroatoms. The van der Waals surface area contributed by atoms with Crippen LogP contribution < -0.4 is 4.74 Å². The van der Waals surface area contributed by atoms with Crippen molar-refractivity contribution < 1.29 is 4.74 Å². The highest BCUT2D eigenvalue weighted by atomic mass is 16.5. The van der Waals surface area contributed by atoms with Crippen LogP contribution >= 0.6 is 0 Å². The minimum Gasteiger partial charge on any atom is -0.492 e. The monoisotopic (exact) mass is 265 g/mol. The molecule has 20 heavy (non-hydrogen) atoms. The van der Waals surface area contributed by atoms with Crippen molar-refractivity contribution >= 4 is 16.7 Å². The molecule has 0 spiro atoms. The second-order valence-electron chi connectivity index (χ2n) is 4.90. The van der Waals surface area contributed by atoms with E-state index in [4.69, 9.17) is 10.00 Å². The molecular weight excluding hydrogens is 254 g/mol. The van der Waals surface area contributed by atoms with Gasteiger partial charge in [0.1, 0.15) is 17.4 Å². The number of fused-ring (bicyclic) bond motifs is 5. The normalized spacial score (nSPS) is 13.4. The first kappa shape index (κ1) is 11.2. The number of nitrogens with zero attached hydrogens (tertiary/aromatic N) is 5.